The van der Waals surface area contributed by atoms with Gasteiger partial charge in [-0.05, 0) is 51.7 Å². The van der Waals surface area contributed by atoms with E-state index in [1.54, 1.807) is 0 Å². The van der Waals surface area contributed by atoms with E-state index in [-0.39, 0.29) is 0 Å². The molecule has 1 aromatic rings. The lowest BCUT2D eigenvalue weighted by Crippen LogP contribution is -2.33. The van der Waals surface area contributed by atoms with Crippen LogP contribution in [0.4, 0.5) is 0 Å². The summed E-state index contributed by atoms with van der Waals surface area (Å²) in [7, 11) is 0. The third-order valence-electron chi connectivity index (χ3n) is 3.35. The SMILES string of the molecule is Cc1ccc(C)n1CC(C)(O)C1CC1. The molecule has 1 fully saturated rings. The van der Waals surface area contributed by atoms with Crippen LogP contribution in [0.5, 0.6) is 0 Å². The first-order chi connectivity index (χ1) is 6.50. The van der Waals surface area contributed by atoms with Gasteiger partial charge >= 0.3 is 0 Å². The van der Waals surface area contributed by atoms with Crippen molar-refractivity contribution < 1.29 is 5.11 Å². The molecule has 1 saturated carbocycles. The van der Waals surface area contributed by atoms with E-state index in [2.05, 4.69) is 30.5 Å². The highest BCUT2D eigenvalue weighted by Gasteiger charge is 2.40. The summed E-state index contributed by atoms with van der Waals surface area (Å²) in [6, 6.07) is 4.22. The second kappa shape index (κ2) is 3.13. The molecule has 1 atom stereocenters. The summed E-state index contributed by atoms with van der Waals surface area (Å²) in [4.78, 5) is 0. The average molecular weight is 193 g/mol. The average Bonchev–Trinajstić information content (AvgIpc) is 2.89. The Morgan fingerprint density at radius 2 is 1.86 bits per heavy atom. The number of aromatic nitrogens is 1. The second-order valence-electron chi connectivity index (χ2n) is 4.83. The molecular formula is C12H19NO. The van der Waals surface area contributed by atoms with Gasteiger partial charge in [0.25, 0.3) is 0 Å². The summed E-state index contributed by atoms with van der Waals surface area (Å²) in [5, 5.41) is 10.3. The molecular weight excluding hydrogens is 174 g/mol. The van der Waals surface area contributed by atoms with E-state index in [4.69, 9.17) is 0 Å². The van der Waals surface area contributed by atoms with Gasteiger partial charge in [0.15, 0.2) is 0 Å². The summed E-state index contributed by atoms with van der Waals surface area (Å²) >= 11 is 0. The number of hydrogen-bond donors (Lipinski definition) is 1. The number of aryl methyl sites for hydroxylation is 2. The van der Waals surface area contributed by atoms with Crippen LogP contribution in [0.3, 0.4) is 0 Å². The van der Waals surface area contributed by atoms with E-state index in [1.807, 2.05) is 6.92 Å². The topological polar surface area (TPSA) is 25.2 Å². The normalized spacial score (nSPS) is 20.9. The van der Waals surface area contributed by atoms with Crippen LogP contribution in [0.1, 0.15) is 31.2 Å². The molecule has 0 saturated heterocycles. The Labute approximate surface area is 85.6 Å². The van der Waals surface area contributed by atoms with Crippen molar-refractivity contribution >= 4 is 0 Å². The molecule has 2 nitrogen and oxygen atoms in total. The van der Waals surface area contributed by atoms with Crippen molar-refractivity contribution in [3.8, 4) is 0 Å². The molecule has 2 rings (SSSR count). The van der Waals surface area contributed by atoms with Crippen LogP contribution in [-0.4, -0.2) is 15.3 Å². The Morgan fingerprint density at radius 3 is 2.29 bits per heavy atom. The lowest BCUT2D eigenvalue weighted by atomic mass is 10.0. The van der Waals surface area contributed by atoms with Gasteiger partial charge in [-0.3, -0.25) is 0 Å². The van der Waals surface area contributed by atoms with Gasteiger partial charge in [0, 0.05) is 11.4 Å². The van der Waals surface area contributed by atoms with Crippen LogP contribution in [0.2, 0.25) is 0 Å². The van der Waals surface area contributed by atoms with Gasteiger partial charge in [-0.2, -0.15) is 0 Å². The summed E-state index contributed by atoms with van der Waals surface area (Å²) in [6.07, 6.45) is 2.37. The van der Waals surface area contributed by atoms with E-state index in [1.165, 1.54) is 24.2 Å². The van der Waals surface area contributed by atoms with Gasteiger partial charge in [-0.1, -0.05) is 0 Å². The minimum absolute atomic E-state index is 0.517. The number of hydrogen-bond acceptors (Lipinski definition) is 1. The van der Waals surface area contributed by atoms with Gasteiger partial charge in [-0.25, -0.2) is 0 Å². The fourth-order valence-corrected chi connectivity index (χ4v) is 2.10. The molecule has 0 amide bonds. The monoisotopic (exact) mass is 193 g/mol. The molecule has 0 radical (unpaired) electrons. The minimum atomic E-state index is -0.519. The maximum absolute atomic E-state index is 10.3. The van der Waals surface area contributed by atoms with E-state index >= 15 is 0 Å². The zero-order chi connectivity index (χ0) is 10.3. The first kappa shape index (κ1) is 9.78. The lowest BCUT2D eigenvalue weighted by Gasteiger charge is -2.25. The largest absolute Gasteiger partial charge is 0.388 e. The number of aliphatic hydroxyl groups is 1. The predicted molar refractivity (Wildman–Crippen MR) is 57.3 cm³/mol. The first-order valence-corrected chi connectivity index (χ1v) is 5.36. The molecule has 1 heterocycles. The Hall–Kier alpha value is -0.760. The quantitative estimate of drug-likeness (QED) is 0.782. The van der Waals surface area contributed by atoms with Crippen molar-refractivity contribution in [3.05, 3.63) is 23.5 Å². The fraction of sp³-hybridized carbons (Fsp3) is 0.667. The zero-order valence-electron chi connectivity index (χ0n) is 9.25. The van der Waals surface area contributed by atoms with E-state index < -0.39 is 5.60 Å². The highest BCUT2D eigenvalue weighted by atomic mass is 16.3. The van der Waals surface area contributed by atoms with Crippen LogP contribution in [0, 0.1) is 19.8 Å². The van der Waals surface area contributed by atoms with Crippen molar-refractivity contribution in [2.24, 2.45) is 5.92 Å². The third kappa shape index (κ3) is 1.71. The van der Waals surface area contributed by atoms with E-state index in [0.717, 1.165) is 6.54 Å². The van der Waals surface area contributed by atoms with Gasteiger partial charge in [-0.15, -0.1) is 0 Å². The van der Waals surface area contributed by atoms with Crippen LogP contribution in [-0.2, 0) is 6.54 Å². The molecule has 0 aliphatic heterocycles. The van der Waals surface area contributed by atoms with Crippen LogP contribution >= 0.6 is 0 Å². The fourth-order valence-electron chi connectivity index (χ4n) is 2.10. The van der Waals surface area contributed by atoms with Gasteiger partial charge in [0.1, 0.15) is 0 Å². The second-order valence-corrected chi connectivity index (χ2v) is 4.83. The molecule has 0 spiro atoms. The molecule has 78 valence electrons. The molecule has 1 N–H and O–H groups in total. The van der Waals surface area contributed by atoms with Crippen molar-refractivity contribution in [2.45, 2.75) is 45.8 Å². The van der Waals surface area contributed by atoms with Crippen LogP contribution in [0.15, 0.2) is 12.1 Å². The van der Waals surface area contributed by atoms with Gasteiger partial charge in [0.05, 0.1) is 12.1 Å². The first-order valence-electron chi connectivity index (χ1n) is 5.36. The van der Waals surface area contributed by atoms with Gasteiger partial charge < -0.3 is 9.67 Å². The molecule has 1 unspecified atom stereocenters. The van der Waals surface area contributed by atoms with Crippen LogP contribution in [0.25, 0.3) is 0 Å². The minimum Gasteiger partial charge on any atom is -0.388 e. The summed E-state index contributed by atoms with van der Waals surface area (Å²) < 4.78 is 2.21. The molecule has 1 aliphatic rings. The van der Waals surface area contributed by atoms with Crippen LogP contribution < -0.4 is 0 Å². The lowest BCUT2D eigenvalue weighted by molar-refractivity contribution is 0.0185. The van der Waals surface area contributed by atoms with Crippen molar-refractivity contribution in [2.75, 3.05) is 0 Å². The number of nitrogens with zero attached hydrogens (tertiary/aromatic N) is 1. The summed E-state index contributed by atoms with van der Waals surface area (Å²) in [6.45, 7) is 6.89. The van der Waals surface area contributed by atoms with Crippen molar-refractivity contribution in [1.29, 1.82) is 0 Å². The zero-order valence-corrected chi connectivity index (χ0v) is 9.25. The third-order valence-corrected chi connectivity index (χ3v) is 3.35. The predicted octanol–water partition coefficient (Wildman–Crippen LogP) is 2.27. The maximum Gasteiger partial charge on any atom is 0.0825 e. The van der Waals surface area contributed by atoms with Crippen molar-refractivity contribution in [1.82, 2.24) is 4.57 Å². The Balaban J connectivity index is 2.16. The van der Waals surface area contributed by atoms with E-state index in [0.29, 0.717) is 5.92 Å². The van der Waals surface area contributed by atoms with E-state index in [9.17, 15) is 5.11 Å². The molecule has 2 heteroatoms. The molecule has 1 aliphatic carbocycles. The smallest absolute Gasteiger partial charge is 0.0825 e. The summed E-state index contributed by atoms with van der Waals surface area (Å²) in [5.74, 6) is 0.517. The standard InChI is InChI=1S/C12H19NO/c1-9-4-5-10(2)13(9)8-12(3,14)11-6-7-11/h4-5,11,14H,6-8H2,1-3H3. The molecule has 1 aromatic heterocycles. The Bertz CT molecular complexity index is 315. The molecule has 0 bridgehead atoms. The highest BCUT2D eigenvalue weighted by Crippen LogP contribution is 2.40. The highest BCUT2D eigenvalue weighted by molar-refractivity contribution is 5.14. The summed E-state index contributed by atoms with van der Waals surface area (Å²) in [5.41, 5.74) is 1.96. The maximum atomic E-state index is 10.3. The Kier molecular flexibility index (Phi) is 2.18. The molecule has 14 heavy (non-hydrogen) atoms. The Morgan fingerprint density at radius 1 is 1.36 bits per heavy atom. The molecule has 0 aromatic carbocycles. The van der Waals surface area contributed by atoms with Crippen molar-refractivity contribution in [3.63, 3.8) is 0 Å². The number of rotatable bonds is 3. The van der Waals surface area contributed by atoms with Gasteiger partial charge in [0.2, 0.25) is 0 Å².